The van der Waals surface area contributed by atoms with E-state index < -0.39 is 0 Å². The van der Waals surface area contributed by atoms with E-state index >= 15 is 0 Å². The number of halogens is 2. The standard InChI is InChI=1S/C14H14Br2N2S/c1-9(17)13(10-5-2-3-6-11(10)15)19-14-12(16)7-4-8-18-14/h2-9,13H,17H2,1H3. The predicted octanol–water partition coefficient (Wildman–Crippen LogP) is 4.79. The van der Waals surface area contributed by atoms with Gasteiger partial charge in [0.05, 0.1) is 5.25 Å². The Labute approximate surface area is 134 Å². The molecule has 0 aliphatic carbocycles. The van der Waals surface area contributed by atoms with Gasteiger partial charge in [-0.3, -0.25) is 0 Å². The number of rotatable bonds is 4. The first kappa shape index (κ1) is 15.0. The van der Waals surface area contributed by atoms with E-state index in [9.17, 15) is 0 Å². The molecule has 0 saturated heterocycles. The molecule has 0 radical (unpaired) electrons. The molecule has 0 aliphatic heterocycles. The molecule has 2 atom stereocenters. The van der Waals surface area contributed by atoms with Crippen molar-refractivity contribution in [3.8, 4) is 0 Å². The molecule has 2 nitrogen and oxygen atoms in total. The molecule has 2 aromatic rings. The van der Waals surface area contributed by atoms with Gasteiger partial charge in [-0.05, 0) is 46.6 Å². The molecule has 1 aromatic heterocycles. The highest BCUT2D eigenvalue weighted by molar-refractivity contribution is 9.10. The Morgan fingerprint density at radius 1 is 1.11 bits per heavy atom. The van der Waals surface area contributed by atoms with Crippen LogP contribution in [0.2, 0.25) is 0 Å². The highest BCUT2D eigenvalue weighted by Gasteiger charge is 2.21. The summed E-state index contributed by atoms with van der Waals surface area (Å²) in [5, 5.41) is 1.11. The number of hydrogen-bond donors (Lipinski definition) is 1. The quantitative estimate of drug-likeness (QED) is 0.748. The third-order valence-corrected chi connectivity index (χ3v) is 5.76. The Morgan fingerprint density at radius 2 is 1.79 bits per heavy atom. The second kappa shape index (κ2) is 6.88. The maximum Gasteiger partial charge on any atom is 0.111 e. The minimum Gasteiger partial charge on any atom is -0.327 e. The van der Waals surface area contributed by atoms with Gasteiger partial charge in [0.25, 0.3) is 0 Å². The van der Waals surface area contributed by atoms with Crippen molar-refractivity contribution in [3.63, 3.8) is 0 Å². The fraction of sp³-hybridized carbons (Fsp3) is 0.214. The minimum absolute atomic E-state index is 0.0256. The number of nitrogens with two attached hydrogens (primary N) is 1. The van der Waals surface area contributed by atoms with E-state index in [1.54, 1.807) is 18.0 Å². The highest BCUT2D eigenvalue weighted by atomic mass is 79.9. The van der Waals surface area contributed by atoms with Crippen LogP contribution < -0.4 is 5.73 Å². The van der Waals surface area contributed by atoms with Crippen molar-refractivity contribution in [2.24, 2.45) is 5.73 Å². The van der Waals surface area contributed by atoms with Gasteiger partial charge in [-0.1, -0.05) is 45.9 Å². The average molecular weight is 402 g/mol. The summed E-state index contributed by atoms with van der Waals surface area (Å²) < 4.78 is 2.08. The van der Waals surface area contributed by atoms with Crippen LogP contribution in [0.3, 0.4) is 0 Å². The molecule has 2 unspecified atom stereocenters. The average Bonchev–Trinajstić information content (AvgIpc) is 2.38. The van der Waals surface area contributed by atoms with Crippen molar-refractivity contribution in [2.75, 3.05) is 0 Å². The van der Waals surface area contributed by atoms with Crippen LogP contribution in [0.1, 0.15) is 17.7 Å². The third-order valence-electron chi connectivity index (χ3n) is 2.65. The Bertz CT molecular complexity index is 561. The van der Waals surface area contributed by atoms with Crippen LogP contribution in [0.15, 0.2) is 56.6 Å². The SMILES string of the molecule is CC(N)C(Sc1ncccc1Br)c1ccccc1Br. The minimum atomic E-state index is 0.0256. The lowest BCUT2D eigenvalue weighted by Crippen LogP contribution is -2.23. The van der Waals surface area contributed by atoms with Gasteiger partial charge in [0.1, 0.15) is 5.03 Å². The summed E-state index contributed by atoms with van der Waals surface area (Å²) in [4.78, 5) is 4.40. The van der Waals surface area contributed by atoms with Crippen molar-refractivity contribution in [1.82, 2.24) is 4.98 Å². The van der Waals surface area contributed by atoms with Crippen LogP contribution in [0, 0.1) is 0 Å². The lowest BCUT2D eigenvalue weighted by molar-refractivity contribution is 0.718. The lowest BCUT2D eigenvalue weighted by atomic mass is 10.1. The maximum absolute atomic E-state index is 6.15. The van der Waals surface area contributed by atoms with Crippen molar-refractivity contribution in [1.29, 1.82) is 0 Å². The van der Waals surface area contributed by atoms with Crippen molar-refractivity contribution in [2.45, 2.75) is 23.2 Å². The molecule has 0 amide bonds. The maximum atomic E-state index is 6.15. The van der Waals surface area contributed by atoms with Crippen LogP contribution in [0.25, 0.3) is 0 Å². The monoisotopic (exact) mass is 400 g/mol. The Kier molecular flexibility index (Phi) is 5.45. The number of hydrogen-bond acceptors (Lipinski definition) is 3. The van der Waals surface area contributed by atoms with Crippen molar-refractivity contribution >= 4 is 43.6 Å². The number of benzene rings is 1. The van der Waals surface area contributed by atoms with Gasteiger partial charge in [0.2, 0.25) is 0 Å². The van der Waals surface area contributed by atoms with Gasteiger partial charge < -0.3 is 5.73 Å². The molecule has 0 saturated carbocycles. The number of pyridine rings is 1. The summed E-state index contributed by atoms with van der Waals surface area (Å²) in [5.41, 5.74) is 7.35. The van der Waals surface area contributed by atoms with E-state index in [0.717, 1.165) is 14.0 Å². The first-order chi connectivity index (χ1) is 9.09. The largest absolute Gasteiger partial charge is 0.327 e. The number of nitrogens with zero attached hydrogens (tertiary/aromatic N) is 1. The topological polar surface area (TPSA) is 38.9 Å². The molecule has 0 aliphatic rings. The van der Waals surface area contributed by atoms with Gasteiger partial charge in [-0.15, -0.1) is 0 Å². The summed E-state index contributed by atoms with van der Waals surface area (Å²) in [6.45, 7) is 2.02. The van der Waals surface area contributed by atoms with E-state index in [1.165, 1.54) is 5.56 Å². The molecular formula is C14H14Br2N2S. The summed E-state index contributed by atoms with van der Waals surface area (Å²) >= 11 is 8.80. The number of thioether (sulfide) groups is 1. The molecule has 5 heteroatoms. The summed E-state index contributed by atoms with van der Waals surface area (Å²) in [6, 6.07) is 12.1. The van der Waals surface area contributed by atoms with Gasteiger partial charge >= 0.3 is 0 Å². The first-order valence-electron chi connectivity index (χ1n) is 5.86. The van der Waals surface area contributed by atoms with E-state index in [2.05, 4.69) is 42.9 Å². The van der Waals surface area contributed by atoms with Crippen molar-refractivity contribution in [3.05, 3.63) is 57.1 Å². The van der Waals surface area contributed by atoms with Gasteiger partial charge in [0, 0.05) is 21.2 Å². The molecule has 100 valence electrons. The Balaban J connectivity index is 2.33. The van der Waals surface area contributed by atoms with Crippen LogP contribution >= 0.6 is 43.6 Å². The zero-order chi connectivity index (χ0) is 13.8. The molecule has 2 rings (SSSR count). The van der Waals surface area contributed by atoms with E-state index in [0.29, 0.717) is 0 Å². The second-order valence-corrected chi connectivity index (χ2v) is 7.05. The van der Waals surface area contributed by atoms with E-state index in [4.69, 9.17) is 5.73 Å². The molecule has 19 heavy (non-hydrogen) atoms. The molecule has 0 fully saturated rings. The predicted molar refractivity (Wildman–Crippen MR) is 88.3 cm³/mol. The van der Waals surface area contributed by atoms with Crippen LogP contribution in [-0.2, 0) is 0 Å². The second-order valence-electron chi connectivity index (χ2n) is 4.21. The summed E-state index contributed by atoms with van der Waals surface area (Å²) in [5.74, 6) is 0. The fourth-order valence-electron chi connectivity index (χ4n) is 1.74. The van der Waals surface area contributed by atoms with Crippen LogP contribution in [0.5, 0.6) is 0 Å². The Hall–Kier alpha value is -0.360. The zero-order valence-electron chi connectivity index (χ0n) is 10.4. The van der Waals surface area contributed by atoms with E-state index in [1.807, 2.05) is 37.3 Å². The highest BCUT2D eigenvalue weighted by Crippen LogP contribution is 2.41. The molecule has 1 aromatic carbocycles. The smallest absolute Gasteiger partial charge is 0.111 e. The van der Waals surface area contributed by atoms with Crippen LogP contribution in [0.4, 0.5) is 0 Å². The van der Waals surface area contributed by atoms with Gasteiger partial charge in [-0.2, -0.15) is 0 Å². The van der Waals surface area contributed by atoms with E-state index in [-0.39, 0.29) is 11.3 Å². The molecular weight excluding hydrogens is 388 g/mol. The third kappa shape index (κ3) is 3.81. The summed E-state index contributed by atoms with van der Waals surface area (Å²) in [6.07, 6.45) is 1.80. The zero-order valence-corrected chi connectivity index (χ0v) is 14.4. The first-order valence-corrected chi connectivity index (χ1v) is 8.33. The van der Waals surface area contributed by atoms with Gasteiger partial charge in [0.15, 0.2) is 0 Å². The van der Waals surface area contributed by atoms with Gasteiger partial charge in [-0.25, -0.2) is 4.98 Å². The molecule has 2 N–H and O–H groups in total. The van der Waals surface area contributed by atoms with Crippen molar-refractivity contribution < 1.29 is 0 Å². The normalized spacial score (nSPS) is 14.1. The molecule has 0 bridgehead atoms. The lowest BCUT2D eigenvalue weighted by Gasteiger charge is -2.22. The number of aromatic nitrogens is 1. The molecule has 0 spiro atoms. The molecule has 1 heterocycles. The fourth-order valence-corrected chi connectivity index (χ4v) is 4.05. The Morgan fingerprint density at radius 3 is 2.42 bits per heavy atom. The van der Waals surface area contributed by atoms with Crippen LogP contribution in [-0.4, -0.2) is 11.0 Å². The summed E-state index contributed by atoms with van der Waals surface area (Å²) in [7, 11) is 0.